The molecule has 0 aliphatic rings. The smallest absolute Gasteiger partial charge is 0.115 e. The summed E-state index contributed by atoms with van der Waals surface area (Å²) in [6, 6.07) is 7.65. The first kappa shape index (κ1) is 16.1. The van der Waals surface area contributed by atoms with Crippen LogP contribution in [-0.2, 0) is 6.42 Å². The van der Waals surface area contributed by atoms with E-state index in [4.69, 9.17) is 0 Å². The third-order valence-electron chi connectivity index (χ3n) is 3.91. The standard InChI is InChI=1S/C18H30O/c1-5-6-14(2)11-15(3)12-16(4)13-17-7-9-18(19)10-8-17/h7-10,14-16,19H,5-6,11-13H2,1-4H3. The van der Waals surface area contributed by atoms with Crippen LogP contribution in [0.4, 0.5) is 0 Å². The molecular formula is C18H30O. The Labute approximate surface area is 119 Å². The second-order valence-electron chi connectivity index (χ2n) is 6.45. The average Bonchev–Trinajstić information content (AvgIpc) is 2.32. The van der Waals surface area contributed by atoms with E-state index >= 15 is 0 Å². The van der Waals surface area contributed by atoms with Crippen LogP contribution in [0, 0.1) is 17.8 Å². The van der Waals surface area contributed by atoms with E-state index in [2.05, 4.69) is 27.7 Å². The van der Waals surface area contributed by atoms with Gasteiger partial charge in [0.05, 0.1) is 0 Å². The lowest BCUT2D eigenvalue weighted by Crippen LogP contribution is -2.09. The number of hydrogen-bond donors (Lipinski definition) is 1. The second-order valence-corrected chi connectivity index (χ2v) is 6.45. The van der Waals surface area contributed by atoms with Gasteiger partial charge in [-0.1, -0.05) is 52.7 Å². The Kier molecular flexibility index (Phi) is 6.97. The Hall–Kier alpha value is -0.980. The van der Waals surface area contributed by atoms with Crippen molar-refractivity contribution in [3.05, 3.63) is 29.8 Å². The summed E-state index contributed by atoms with van der Waals surface area (Å²) in [6.45, 7) is 9.38. The fraction of sp³-hybridized carbons (Fsp3) is 0.667. The van der Waals surface area contributed by atoms with Gasteiger partial charge in [0.1, 0.15) is 5.75 Å². The van der Waals surface area contributed by atoms with Gasteiger partial charge in [0, 0.05) is 0 Å². The Morgan fingerprint density at radius 1 is 0.895 bits per heavy atom. The monoisotopic (exact) mass is 262 g/mol. The maximum Gasteiger partial charge on any atom is 0.115 e. The summed E-state index contributed by atoms with van der Waals surface area (Å²) >= 11 is 0. The molecule has 1 aromatic carbocycles. The topological polar surface area (TPSA) is 20.2 Å². The molecule has 19 heavy (non-hydrogen) atoms. The largest absolute Gasteiger partial charge is 0.508 e. The van der Waals surface area contributed by atoms with E-state index in [1.807, 2.05) is 12.1 Å². The van der Waals surface area contributed by atoms with Crippen molar-refractivity contribution < 1.29 is 5.11 Å². The van der Waals surface area contributed by atoms with Gasteiger partial charge in [-0.25, -0.2) is 0 Å². The van der Waals surface area contributed by atoms with E-state index < -0.39 is 0 Å². The van der Waals surface area contributed by atoms with E-state index in [0.29, 0.717) is 11.7 Å². The molecular weight excluding hydrogens is 232 g/mol. The minimum Gasteiger partial charge on any atom is -0.508 e. The van der Waals surface area contributed by atoms with E-state index in [1.54, 1.807) is 12.1 Å². The zero-order chi connectivity index (χ0) is 14.3. The Balaban J connectivity index is 2.33. The van der Waals surface area contributed by atoms with Crippen LogP contribution in [-0.4, -0.2) is 5.11 Å². The summed E-state index contributed by atoms with van der Waals surface area (Å²) < 4.78 is 0. The molecule has 1 rings (SSSR count). The number of rotatable bonds is 8. The van der Waals surface area contributed by atoms with Crippen LogP contribution in [0.3, 0.4) is 0 Å². The fourth-order valence-corrected chi connectivity index (χ4v) is 3.20. The number of phenols is 1. The third kappa shape index (κ3) is 6.66. The van der Waals surface area contributed by atoms with Crippen molar-refractivity contribution in [2.75, 3.05) is 0 Å². The third-order valence-corrected chi connectivity index (χ3v) is 3.91. The molecule has 1 nitrogen and oxygen atoms in total. The van der Waals surface area contributed by atoms with Crippen LogP contribution in [0.5, 0.6) is 5.75 Å². The van der Waals surface area contributed by atoms with Crippen molar-refractivity contribution in [1.82, 2.24) is 0 Å². The van der Waals surface area contributed by atoms with Gasteiger partial charge in [-0.3, -0.25) is 0 Å². The number of aromatic hydroxyl groups is 1. The van der Waals surface area contributed by atoms with E-state index in [0.717, 1.165) is 18.3 Å². The normalized spacial score (nSPS) is 16.0. The van der Waals surface area contributed by atoms with Gasteiger partial charge >= 0.3 is 0 Å². The first-order chi connectivity index (χ1) is 9.01. The van der Waals surface area contributed by atoms with Gasteiger partial charge in [0.15, 0.2) is 0 Å². The average molecular weight is 262 g/mol. The number of hydrogen-bond acceptors (Lipinski definition) is 1. The summed E-state index contributed by atoms with van der Waals surface area (Å²) in [6.07, 6.45) is 6.43. The molecule has 3 atom stereocenters. The first-order valence-electron chi connectivity index (χ1n) is 7.79. The number of benzene rings is 1. The second kappa shape index (κ2) is 8.24. The number of phenolic OH excluding ortho intramolecular Hbond substituents is 1. The van der Waals surface area contributed by atoms with Crippen molar-refractivity contribution in [2.45, 2.75) is 59.8 Å². The molecule has 0 fully saturated rings. The van der Waals surface area contributed by atoms with Gasteiger partial charge in [0.25, 0.3) is 0 Å². The van der Waals surface area contributed by atoms with Crippen molar-refractivity contribution in [2.24, 2.45) is 17.8 Å². The lowest BCUT2D eigenvalue weighted by atomic mass is 9.85. The summed E-state index contributed by atoms with van der Waals surface area (Å²) in [5.41, 5.74) is 1.33. The van der Waals surface area contributed by atoms with Crippen LogP contribution in [0.15, 0.2) is 24.3 Å². The molecule has 1 N–H and O–H groups in total. The Bertz CT molecular complexity index is 341. The summed E-state index contributed by atoms with van der Waals surface area (Å²) in [4.78, 5) is 0. The highest BCUT2D eigenvalue weighted by Crippen LogP contribution is 2.24. The predicted molar refractivity (Wildman–Crippen MR) is 83.4 cm³/mol. The first-order valence-corrected chi connectivity index (χ1v) is 7.79. The van der Waals surface area contributed by atoms with Crippen molar-refractivity contribution in [3.63, 3.8) is 0 Å². The summed E-state index contributed by atoms with van der Waals surface area (Å²) in [5.74, 6) is 2.75. The van der Waals surface area contributed by atoms with Crippen molar-refractivity contribution in [1.29, 1.82) is 0 Å². The van der Waals surface area contributed by atoms with Gasteiger partial charge in [-0.15, -0.1) is 0 Å². The lowest BCUT2D eigenvalue weighted by Gasteiger charge is -2.20. The van der Waals surface area contributed by atoms with E-state index in [9.17, 15) is 5.11 Å². The van der Waals surface area contributed by atoms with E-state index in [-0.39, 0.29) is 0 Å². The highest BCUT2D eigenvalue weighted by Gasteiger charge is 2.12. The highest BCUT2D eigenvalue weighted by atomic mass is 16.3. The van der Waals surface area contributed by atoms with Crippen LogP contribution in [0.2, 0.25) is 0 Å². The molecule has 0 spiro atoms. The fourth-order valence-electron chi connectivity index (χ4n) is 3.20. The van der Waals surface area contributed by atoms with Crippen LogP contribution in [0.25, 0.3) is 0 Å². The molecule has 1 heteroatoms. The Morgan fingerprint density at radius 3 is 2.05 bits per heavy atom. The SMILES string of the molecule is CCCC(C)CC(C)CC(C)Cc1ccc(O)cc1. The van der Waals surface area contributed by atoms with Crippen LogP contribution >= 0.6 is 0 Å². The molecule has 1 aromatic rings. The van der Waals surface area contributed by atoms with Gasteiger partial charge in [-0.2, -0.15) is 0 Å². The molecule has 0 bridgehead atoms. The zero-order valence-electron chi connectivity index (χ0n) is 13.0. The van der Waals surface area contributed by atoms with Gasteiger partial charge in [-0.05, 0) is 54.7 Å². The Morgan fingerprint density at radius 2 is 1.47 bits per heavy atom. The predicted octanol–water partition coefficient (Wildman–Crippen LogP) is 5.42. The minimum absolute atomic E-state index is 0.359. The molecule has 0 radical (unpaired) electrons. The molecule has 0 heterocycles. The quantitative estimate of drug-likeness (QED) is 0.663. The van der Waals surface area contributed by atoms with Gasteiger partial charge in [0.2, 0.25) is 0 Å². The van der Waals surface area contributed by atoms with Crippen molar-refractivity contribution >= 4 is 0 Å². The maximum absolute atomic E-state index is 9.29. The van der Waals surface area contributed by atoms with Gasteiger partial charge < -0.3 is 5.11 Å². The van der Waals surface area contributed by atoms with Crippen LogP contribution in [0.1, 0.15) is 58.9 Å². The molecule has 0 aliphatic carbocycles. The lowest BCUT2D eigenvalue weighted by molar-refractivity contribution is 0.331. The minimum atomic E-state index is 0.359. The maximum atomic E-state index is 9.29. The summed E-state index contributed by atoms with van der Waals surface area (Å²) in [5, 5.41) is 9.29. The van der Waals surface area contributed by atoms with E-state index in [1.165, 1.54) is 31.2 Å². The summed E-state index contributed by atoms with van der Waals surface area (Å²) in [7, 11) is 0. The molecule has 0 aliphatic heterocycles. The molecule has 108 valence electrons. The van der Waals surface area contributed by atoms with Crippen molar-refractivity contribution in [3.8, 4) is 5.75 Å². The highest BCUT2D eigenvalue weighted by molar-refractivity contribution is 5.26. The molecule has 0 saturated heterocycles. The zero-order valence-corrected chi connectivity index (χ0v) is 13.0. The molecule has 0 saturated carbocycles. The molecule has 0 amide bonds. The molecule has 0 aromatic heterocycles. The van der Waals surface area contributed by atoms with Crippen LogP contribution < -0.4 is 0 Å². The molecule has 3 unspecified atom stereocenters.